The number of sulfonamides is 1. The van der Waals surface area contributed by atoms with Gasteiger partial charge in [0.15, 0.2) is 4.47 Å². The Labute approximate surface area is 131 Å². The second-order valence-corrected chi connectivity index (χ2v) is 7.74. The van der Waals surface area contributed by atoms with E-state index in [0.29, 0.717) is 16.5 Å². The van der Waals surface area contributed by atoms with Crippen LogP contribution in [-0.2, 0) is 16.4 Å². The first kappa shape index (κ1) is 14.5. The number of primary sulfonamides is 1. The van der Waals surface area contributed by atoms with Crippen LogP contribution in [0.25, 0.3) is 10.2 Å². The topological polar surface area (TPSA) is 73.1 Å². The first-order valence-corrected chi connectivity index (χ1v) is 8.83. The second kappa shape index (κ2) is 5.38. The monoisotopic (exact) mass is 338 g/mol. The normalized spacial score (nSPS) is 11.9. The number of nitrogens with zero attached hydrogens (tertiary/aromatic N) is 1. The molecule has 3 aromatic rings. The molecular formula is C14H11ClN2O2S2. The molecule has 0 bridgehead atoms. The van der Waals surface area contributed by atoms with Crippen LogP contribution in [0.1, 0.15) is 11.1 Å². The SMILES string of the molecule is NS(=O)(=O)c1ccccc1Cc1ccc2nc(Cl)sc2c1. The summed E-state index contributed by atoms with van der Waals surface area (Å²) in [5, 5.41) is 5.25. The molecule has 0 unspecified atom stereocenters. The van der Waals surface area contributed by atoms with Crippen molar-refractivity contribution >= 4 is 43.2 Å². The zero-order chi connectivity index (χ0) is 15.0. The highest BCUT2D eigenvalue weighted by Crippen LogP contribution is 2.27. The van der Waals surface area contributed by atoms with Gasteiger partial charge in [0.1, 0.15) is 0 Å². The van der Waals surface area contributed by atoms with Crippen LogP contribution in [0.5, 0.6) is 0 Å². The highest BCUT2D eigenvalue weighted by Gasteiger charge is 2.13. The van der Waals surface area contributed by atoms with Gasteiger partial charge in [-0.1, -0.05) is 35.9 Å². The molecule has 21 heavy (non-hydrogen) atoms. The summed E-state index contributed by atoms with van der Waals surface area (Å²) >= 11 is 7.29. The summed E-state index contributed by atoms with van der Waals surface area (Å²) in [6.45, 7) is 0. The maximum atomic E-state index is 11.6. The second-order valence-electron chi connectivity index (χ2n) is 4.60. The molecule has 4 nitrogen and oxygen atoms in total. The zero-order valence-electron chi connectivity index (χ0n) is 10.8. The van der Waals surface area contributed by atoms with Crippen molar-refractivity contribution in [2.24, 2.45) is 5.14 Å². The standard InChI is InChI=1S/C14H11ClN2O2S2/c15-14-17-11-6-5-9(8-12(11)20-14)7-10-3-1-2-4-13(10)21(16,18)19/h1-6,8H,7H2,(H2,16,18,19). The number of thiazole rings is 1. The number of hydrogen-bond donors (Lipinski definition) is 1. The Hall–Kier alpha value is -1.47. The molecule has 0 atom stereocenters. The molecule has 0 aliphatic rings. The molecule has 0 saturated carbocycles. The number of benzene rings is 2. The number of halogens is 1. The van der Waals surface area contributed by atoms with Gasteiger partial charge in [0, 0.05) is 0 Å². The van der Waals surface area contributed by atoms with Crippen LogP contribution in [-0.4, -0.2) is 13.4 Å². The van der Waals surface area contributed by atoms with E-state index in [1.54, 1.807) is 18.2 Å². The average molecular weight is 339 g/mol. The molecule has 108 valence electrons. The van der Waals surface area contributed by atoms with E-state index in [4.69, 9.17) is 16.7 Å². The van der Waals surface area contributed by atoms with E-state index in [1.807, 2.05) is 18.2 Å². The van der Waals surface area contributed by atoms with Gasteiger partial charge in [-0.25, -0.2) is 18.5 Å². The van der Waals surface area contributed by atoms with Gasteiger partial charge >= 0.3 is 0 Å². The van der Waals surface area contributed by atoms with Crippen molar-refractivity contribution < 1.29 is 8.42 Å². The van der Waals surface area contributed by atoms with Gasteiger partial charge in [-0.3, -0.25) is 0 Å². The van der Waals surface area contributed by atoms with Crippen molar-refractivity contribution in [1.29, 1.82) is 0 Å². The molecule has 1 aromatic heterocycles. The Morgan fingerprint density at radius 2 is 1.95 bits per heavy atom. The summed E-state index contributed by atoms with van der Waals surface area (Å²) < 4.78 is 24.7. The summed E-state index contributed by atoms with van der Waals surface area (Å²) in [4.78, 5) is 4.35. The minimum absolute atomic E-state index is 0.160. The van der Waals surface area contributed by atoms with Crippen LogP contribution >= 0.6 is 22.9 Å². The van der Waals surface area contributed by atoms with Crippen molar-refractivity contribution in [3.05, 3.63) is 58.1 Å². The molecule has 0 spiro atoms. The number of hydrogen-bond acceptors (Lipinski definition) is 4. The third kappa shape index (κ3) is 3.08. The fraction of sp³-hybridized carbons (Fsp3) is 0.0714. The van der Waals surface area contributed by atoms with Crippen molar-refractivity contribution in [3.8, 4) is 0 Å². The molecule has 2 aromatic carbocycles. The van der Waals surface area contributed by atoms with Crippen LogP contribution in [0.15, 0.2) is 47.4 Å². The third-order valence-electron chi connectivity index (χ3n) is 3.10. The Balaban J connectivity index is 2.02. The predicted octanol–water partition coefficient (Wildman–Crippen LogP) is 3.19. The van der Waals surface area contributed by atoms with Gasteiger partial charge in [0.05, 0.1) is 15.1 Å². The van der Waals surface area contributed by atoms with E-state index >= 15 is 0 Å². The van der Waals surface area contributed by atoms with Crippen LogP contribution in [0, 0.1) is 0 Å². The molecule has 2 N–H and O–H groups in total. The largest absolute Gasteiger partial charge is 0.238 e. The Morgan fingerprint density at radius 3 is 2.71 bits per heavy atom. The number of fused-ring (bicyclic) bond motifs is 1. The molecule has 0 aliphatic heterocycles. The number of aromatic nitrogens is 1. The molecule has 0 amide bonds. The van der Waals surface area contributed by atoms with E-state index in [0.717, 1.165) is 15.8 Å². The molecule has 0 saturated heterocycles. The summed E-state index contributed by atoms with van der Waals surface area (Å²) in [6, 6.07) is 12.5. The van der Waals surface area contributed by atoms with Crippen LogP contribution in [0.3, 0.4) is 0 Å². The van der Waals surface area contributed by atoms with Crippen molar-refractivity contribution in [1.82, 2.24) is 4.98 Å². The minimum atomic E-state index is -3.72. The summed E-state index contributed by atoms with van der Waals surface area (Å²) in [5.74, 6) is 0. The van der Waals surface area contributed by atoms with E-state index in [1.165, 1.54) is 17.4 Å². The number of nitrogens with two attached hydrogens (primary N) is 1. The highest BCUT2D eigenvalue weighted by atomic mass is 35.5. The van der Waals surface area contributed by atoms with E-state index in [-0.39, 0.29) is 4.90 Å². The average Bonchev–Trinajstić information content (AvgIpc) is 2.77. The molecular weight excluding hydrogens is 328 g/mol. The van der Waals surface area contributed by atoms with E-state index in [9.17, 15) is 8.42 Å². The highest BCUT2D eigenvalue weighted by molar-refractivity contribution is 7.89. The fourth-order valence-electron chi connectivity index (χ4n) is 2.20. The quantitative estimate of drug-likeness (QED) is 0.797. The first-order valence-electron chi connectivity index (χ1n) is 6.09. The third-order valence-corrected chi connectivity index (χ3v) is 5.23. The number of rotatable bonds is 3. The summed E-state index contributed by atoms with van der Waals surface area (Å²) in [7, 11) is -3.72. The van der Waals surface area contributed by atoms with Gasteiger partial charge in [0.2, 0.25) is 10.0 Å². The lowest BCUT2D eigenvalue weighted by Crippen LogP contribution is -2.14. The molecule has 0 aliphatic carbocycles. The predicted molar refractivity (Wildman–Crippen MR) is 85.3 cm³/mol. The Bertz CT molecular complexity index is 920. The lowest BCUT2D eigenvalue weighted by molar-refractivity contribution is 0.597. The van der Waals surface area contributed by atoms with Crippen LogP contribution < -0.4 is 5.14 Å². The maximum absolute atomic E-state index is 11.6. The molecule has 0 fully saturated rings. The van der Waals surface area contributed by atoms with Crippen molar-refractivity contribution in [2.45, 2.75) is 11.3 Å². The summed E-state index contributed by atoms with van der Waals surface area (Å²) in [6.07, 6.45) is 0.484. The van der Waals surface area contributed by atoms with Gasteiger partial charge in [0.25, 0.3) is 0 Å². The van der Waals surface area contributed by atoms with Gasteiger partial charge in [-0.15, -0.1) is 11.3 Å². The van der Waals surface area contributed by atoms with Crippen LogP contribution in [0.2, 0.25) is 4.47 Å². The fourth-order valence-corrected chi connectivity index (χ4v) is 4.07. The lowest BCUT2D eigenvalue weighted by Gasteiger charge is -2.07. The van der Waals surface area contributed by atoms with E-state index in [2.05, 4.69) is 4.98 Å². The van der Waals surface area contributed by atoms with Crippen molar-refractivity contribution in [2.75, 3.05) is 0 Å². The Morgan fingerprint density at radius 1 is 1.19 bits per heavy atom. The zero-order valence-corrected chi connectivity index (χ0v) is 13.2. The van der Waals surface area contributed by atoms with E-state index < -0.39 is 10.0 Å². The molecule has 7 heteroatoms. The van der Waals surface area contributed by atoms with Crippen LogP contribution in [0.4, 0.5) is 0 Å². The first-order chi connectivity index (χ1) is 9.93. The smallest absolute Gasteiger partial charge is 0.225 e. The molecule has 0 radical (unpaired) electrons. The Kier molecular flexibility index (Phi) is 3.71. The summed E-state index contributed by atoms with van der Waals surface area (Å²) in [5.41, 5.74) is 2.50. The van der Waals surface area contributed by atoms with Gasteiger partial charge in [-0.05, 0) is 35.7 Å². The van der Waals surface area contributed by atoms with Gasteiger partial charge < -0.3 is 0 Å². The van der Waals surface area contributed by atoms with Crippen molar-refractivity contribution in [3.63, 3.8) is 0 Å². The van der Waals surface area contributed by atoms with Gasteiger partial charge in [-0.2, -0.15) is 0 Å². The lowest BCUT2D eigenvalue weighted by atomic mass is 10.0. The molecule has 1 heterocycles. The minimum Gasteiger partial charge on any atom is -0.225 e. The maximum Gasteiger partial charge on any atom is 0.238 e. The molecule has 3 rings (SSSR count).